The van der Waals surface area contributed by atoms with E-state index >= 15 is 0 Å². The van der Waals surface area contributed by atoms with Crippen LogP contribution in [0.25, 0.3) is 10.9 Å². The van der Waals surface area contributed by atoms with Crippen LogP contribution < -0.4 is 0 Å². The Kier molecular flexibility index (Phi) is 3.64. The lowest BCUT2D eigenvalue weighted by molar-refractivity contribution is 0.195. The third-order valence-electron chi connectivity index (χ3n) is 2.44. The summed E-state index contributed by atoms with van der Waals surface area (Å²) >= 11 is 0. The molecule has 0 radical (unpaired) electrons. The molecular formula is C11H14NO4P. The van der Waals surface area contributed by atoms with E-state index in [1.165, 1.54) is 0 Å². The van der Waals surface area contributed by atoms with Gasteiger partial charge in [0.2, 0.25) is 0 Å². The summed E-state index contributed by atoms with van der Waals surface area (Å²) in [7, 11) is -4.33. The fourth-order valence-corrected chi connectivity index (χ4v) is 2.08. The van der Waals surface area contributed by atoms with E-state index in [0.717, 1.165) is 16.6 Å². The second kappa shape index (κ2) is 5.02. The van der Waals surface area contributed by atoms with E-state index in [1.54, 1.807) is 0 Å². The SMILES string of the molecule is O=P(O)(O)OCCCc1cc2ccccc2[nH]1. The van der Waals surface area contributed by atoms with Crippen molar-refractivity contribution in [2.75, 3.05) is 6.61 Å². The average Bonchev–Trinajstić information content (AvgIpc) is 2.65. The van der Waals surface area contributed by atoms with Gasteiger partial charge in [0.15, 0.2) is 0 Å². The minimum atomic E-state index is -4.33. The number of nitrogens with one attached hydrogen (secondary N) is 1. The van der Waals surface area contributed by atoms with Gasteiger partial charge in [-0.3, -0.25) is 4.52 Å². The van der Waals surface area contributed by atoms with Crippen molar-refractivity contribution in [2.45, 2.75) is 12.8 Å². The molecule has 0 aliphatic heterocycles. The molecule has 0 unspecified atom stereocenters. The Labute approximate surface area is 98.7 Å². The summed E-state index contributed by atoms with van der Waals surface area (Å²) in [4.78, 5) is 20.3. The highest BCUT2D eigenvalue weighted by Crippen LogP contribution is 2.35. The molecule has 0 saturated carbocycles. The standard InChI is InChI=1S/C11H14NO4P/c13-17(14,15)16-7-3-5-10-8-9-4-1-2-6-11(9)12-10/h1-2,4,6,8,12H,3,5,7H2,(H2,13,14,15). The molecule has 1 heterocycles. The molecule has 0 saturated heterocycles. The average molecular weight is 255 g/mol. The molecular weight excluding hydrogens is 241 g/mol. The molecule has 6 heteroatoms. The van der Waals surface area contributed by atoms with Crippen LogP contribution in [0.15, 0.2) is 30.3 Å². The van der Waals surface area contributed by atoms with Crippen LogP contribution in [0, 0.1) is 0 Å². The van der Waals surface area contributed by atoms with Crippen LogP contribution in [0.1, 0.15) is 12.1 Å². The summed E-state index contributed by atoms with van der Waals surface area (Å²) in [6, 6.07) is 9.97. The number of hydrogen-bond donors (Lipinski definition) is 3. The van der Waals surface area contributed by atoms with Gasteiger partial charge in [0.25, 0.3) is 0 Å². The van der Waals surface area contributed by atoms with Crippen molar-refractivity contribution in [3.8, 4) is 0 Å². The van der Waals surface area contributed by atoms with Crippen LogP contribution >= 0.6 is 7.82 Å². The van der Waals surface area contributed by atoms with Gasteiger partial charge in [0.1, 0.15) is 0 Å². The number of aromatic nitrogens is 1. The van der Waals surface area contributed by atoms with E-state index in [1.807, 2.05) is 30.3 Å². The van der Waals surface area contributed by atoms with Gasteiger partial charge in [-0.15, -0.1) is 0 Å². The number of fused-ring (bicyclic) bond motifs is 1. The first kappa shape index (κ1) is 12.3. The number of rotatable bonds is 5. The minimum absolute atomic E-state index is 0.0552. The normalized spacial score (nSPS) is 12.1. The molecule has 1 aromatic carbocycles. The van der Waals surface area contributed by atoms with Crippen LogP contribution in [-0.2, 0) is 15.5 Å². The monoisotopic (exact) mass is 255 g/mol. The minimum Gasteiger partial charge on any atom is -0.358 e. The van der Waals surface area contributed by atoms with Crippen molar-refractivity contribution in [1.29, 1.82) is 0 Å². The first-order valence-corrected chi connectivity index (χ1v) is 6.84. The summed E-state index contributed by atoms with van der Waals surface area (Å²) in [5, 5.41) is 1.14. The van der Waals surface area contributed by atoms with Crippen LogP contribution in [0.5, 0.6) is 0 Å². The maximum atomic E-state index is 10.4. The quantitative estimate of drug-likeness (QED) is 0.565. The fraction of sp³-hybridized carbons (Fsp3) is 0.273. The Morgan fingerprint density at radius 3 is 2.76 bits per heavy atom. The molecule has 0 aliphatic rings. The van der Waals surface area contributed by atoms with E-state index in [-0.39, 0.29) is 6.61 Å². The molecule has 0 atom stereocenters. The number of aromatic amines is 1. The Hall–Kier alpha value is -1.13. The number of H-pyrrole nitrogens is 1. The van der Waals surface area contributed by atoms with Crippen LogP contribution in [0.2, 0.25) is 0 Å². The molecule has 1 aromatic heterocycles. The number of benzene rings is 1. The highest BCUT2D eigenvalue weighted by atomic mass is 31.2. The van der Waals surface area contributed by atoms with Gasteiger partial charge in [-0.2, -0.15) is 0 Å². The zero-order valence-corrected chi connectivity index (χ0v) is 10.1. The third-order valence-corrected chi connectivity index (χ3v) is 2.95. The lowest BCUT2D eigenvalue weighted by Crippen LogP contribution is -1.95. The molecule has 5 nitrogen and oxygen atoms in total. The van der Waals surface area contributed by atoms with Crippen molar-refractivity contribution in [1.82, 2.24) is 4.98 Å². The number of para-hydroxylation sites is 1. The highest BCUT2D eigenvalue weighted by Gasteiger charge is 2.12. The van der Waals surface area contributed by atoms with E-state index in [4.69, 9.17) is 9.79 Å². The molecule has 92 valence electrons. The third kappa shape index (κ3) is 3.68. The maximum Gasteiger partial charge on any atom is 0.469 e. The molecule has 0 fully saturated rings. The maximum absolute atomic E-state index is 10.4. The van der Waals surface area contributed by atoms with Gasteiger partial charge in [-0.05, 0) is 30.4 Å². The van der Waals surface area contributed by atoms with Crippen molar-refractivity contribution in [2.24, 2.45) is 0 Å². The Morgan fingerprint density at radius 1 is 1.29 bits per heavy atom. The molecule has 0 spiro atoms. The Morgan fingerprint density at radius 2 is 2.06 bits per heavy atom. The van der Waals surface area contributed by atoms with E-state index in [9.17, 15) is 4.57 Å². The summed E-state index contributed by atoms with van der Waals surface area (Å²) in [5.74, 6) is 0. The first-order valence-electron chi connectivity index (χ1n) is 5.31. The zero-order valence-electron chi connectivity index (χ0n) is 9.17. The lowest BCUT2D eigenvalue weighted by Gasteiger charge is -2.03. The first-order chi connectivity index (χ1) is 8.04. The van der Waals surface area contributed by atoms with Crippen molar-refractivity contribution in [3.05, 3.63) is 36.0 Å². The highest BCUT2D eigenvalue weighted by molar-refractivity contribution is 7.46. The van der Waals surface area contributed by atoms with Gasteiger partial charge in [-0.1, -0.05) is 18.2 Å². The number of hydrogen-bond acceptors (Lipinski definition) is 2. The number of phosphoric ester groups is 1. The van der Waals surface area contributed by atoms with Gasteiger partial charge < -0.3 is 14.8 Å². The molecule has 2 aromatic rings. The second-order valence-corrected chi connectivity index (χ2v) is 5.05. The van der Waals surface area contributed by atoms with Gasteiger partial charge in [0, 0.05) is 11.2 Å². The van der Waals surface area contributed by atoms with Crippen molar-refractivity contribution in [3.63, 3.8) is 0 Å². The summed E-state index contributed by atoms with van der Waals surface area (Å²) in [5.41, 5.74) is 2.11. The van der Waals surface area contributed by atoms with Gasteiger partial charge in [-0.25, -0.2) is 4.57 Å². The largest absolute Gasteiger partial charge is 0.469 e. The lowest BCUT2D eigenvalue weighted by atomic mass is 10.2. The predicted molar refractivity (Wildman–Crippen MR) is 64.6 cm³/mol. The van der Waals surface area contributed by atoms with Crippen LogP contribution in [0.3, 0.4) is 0 Å². The molecule has 0 aliphatic carbocycles. The Balaban J connectivity index is 1.89. The summed E-state index contributed by atoms with van der Waals surface area (Å²) < 4.78 is 14.8. The van der Waals surface area contributed by atoms with Crippen LogP contribution in [-0.4, -0.2) is 21.4 Å². The van der Waals surface area contributed by atoms with Gasteiger partial charge >= 0.3 is 7.82 Å². The molecule has 17 heavy (non-hydrogen) atoms. The predicted octanol–water partition coefficient (Wildman–Crippen LogP) is 2.21. The number of phosphoric acid groups is 1. The van der Waals surface area contributed by atoms with E-state index in [2.05, 4.69) is 9.51 Å². The Bertz CT molecular complexity index is 512. The fourth-order valence-electron chi connectivity index (χ4n) is 1.71. The molecule has 3 N–H and O–H groups in total. The van der Waals surface area contributed by atoms with E-state index < -0.39 is 7.82 Å². The topological polar surface area (TPSA) is 82.6 Å². The summed E-state index contributed by atoms with van der Waals surface area (Å²) in [6.45, 7) is 0.0552. The molecule has 2 rings (SSSR count). The smallest absolute Gasteiger partial charge is 0.358 e. The van der Waals surface area contributed by atoms with Gasteiger partial charge in [0.05, 0.1) is 6.61 Å². The molecule has 0 bridgehead atoms. The molecule has 0 amide bonds. The van der Waals surface area contributed by atoms with Crippen molar-refractivity contribution < 1.29 is 18.9 Å². The van der Waals surface area contributed by atoms with E-state index in [0.29, 0.717) is 12.8 Å². The second-order valence-electron chi connectivity index (χ2n) is 3.81. The number of aryl methyl sites for hydroxylation is 1. The summed E-state index contributed by atoms with van der Waals surface area (Å²) in [6.07, 6.45) is 1.27. The van der Waals surface area contributed by atoms with Crippen molar-refractivity contribution >= 4 is 18.7 Å². The van der Waals surface area contributed by atoms with Crippen LogP contribution in [0.4, 0.5) is 0 Å². The zero-order chi connectivity index (χ0) is 12.3.